The number of nitrogens with zero attached hydrogens (tertiary/aromatic N) is 4. The predicted molar refractivity (Wildman–Crippen MR) is 82.6 cm³/mol. The number of pyridine rings is 1. The third-order valence-corrected chi connectivity index (χ3v) is 3.87. The van der Waals surface area contributed by atoms with E-state index in [2.05, 4.69) is 23.9 Å². The summed E-state index contributed by atoms with van der Waals surface area (Å²) in [5.41, 5.74) is 0.338. The van der Waals surface area contributed by atoms with Crippen LogP contribution in [0.4, 0.5) is 0 Å². The lowest BCUT2D eigenvalue weighted by molar-refractivity contribution is 0.0629. The number of piperazine rings is 1. The molecule has 21 heavy (non-hydrogen) atoms. The first-order valence-electron chi connectivity index (χ1n) is 7.30. The Kier molecular flexibility index (Phi) is 5.14. The van der Waals surface area contributed by atoms with Crippen LogP contribution in [-0.2, 0) is 7.05 Å². The van der Waals surface area contributed by atoms with Crippen LogP contribution in [0.2, 0.25) is 0 Å². The van der Waals surface area contributed by atoms with E-state index in [0.29, 0.717) is 5.56 Å². The second-order valence-electron chi connectivity index (χ2n) is 5.80. The molecule has 1 aliphatic rings. The van der Waals surface area contributed by atoms with Gasteiger partial charge in [0.25, 0.3) is 11.5 Å². The summed E-state index contributed by atoms with van der Waals surface area (Å²) in [7, 11) is 5.81. The van der Waals surface area contributed by atoms with Gasteiger partial charge in [-0.25, -0.2) is 0 Å². The summed E-state index contributed by atoms with van der Waals surface area (Å²) in [6.07, 6.45) is 1.64. The SMILES string of the molecule is CN(C)CCN1CCN(C(=O)c2ccn(C)c(=O)c2)CC1. The highest BCUT2D eigenvalue weighted by Crippen LogP contribution is 2.07. The molecular weight excluding hydrogens is 268 g/mol. The quantitative estimate of drug-likeness (QED) is 0.765. The van der Waals surface area contributed by atoms with E-state index in [-0.39, 0.29) is 11.5 Å². The van der Waals surface area contributed by atoms with Gasteiger partial charge in [-0.1, -0.05) is 0 Å². The Morgan fingerprint density at radius 1 is 1.24 bits per heavy atom. The molecule has 0 spiro atoms. The van der Waals surface area contributed by atoms with Crippen LogP contribution >= 0.6 is 0 Å². The van der Waals surface area contributed by atoms with Crippen LogP contribution in [0, 0.1) is 0 Å². The van der Waals surface area contributed by atoms with Gasteiger partial charge >= 0.3 is 0 Å². The Balaban J connectivity index is 1.91. The Morgan fingerprint density at radius 3 is 2.48 bits per heavy atom. The molecule has 1 fully saturated rings. The summed E-state index contributed by atoms with van der Waals surface area (Å²) in [6, 6.07) is 3.13. The topological polar surface area (TPSA) is 48.8 Å². The molecule has 6 heteroatoms. The number of hydrogen-bond acceptors (Lipinski definition) is 4. The van der Waals surface area contributed by atoms with Gasteiger partial charge < -0.3 is 14.4 Å². The fraction of sp³-hybridized carbons (Fsp3) is 0.600. The van der Waals surface area contributed by atoms with Crippen molar-refractivity contribution in [3.63, 3.8) is 0 Å². The first kappa shape index (κ1) is 15.7. The number of carbonyl (C=O) groups excluding carboxylic acids is 1. The lowest BCUT2D eigenvalue weighted by Crippen LogP contribution is -2.50. The summed E-state index contributed by atoms with van der Waals surface area (Å²) in [4.78, 5) is 30.4. The van der Waals surface area contributed by atoms with Gasteiger partial charge in [-0.05, 0) is 20.2 Å². The van der Waals surface area contributed by atoms with E-state index in [9.17, 15) is 9.59 Å². The summed E-state index contributed by atoms with van der Waals surface area (Å²) >= 11 is 0. The second kappa shape index (κ2) is 6.87. The van der Waals surface area contributed by atoms with E-state index >= 15 is 0 Å². The molecule has 2 heterocycles. The van der Waals surface area contributed by atoms with Gasteiger partial charge in [0, 0.05) is 64.1 Å². The highest BCUT2D eigenvalue weighted by Gasteiger charge is 2.22. The minimum absolute atomic E-state index is 0.0417. The second-order valence-corrected chi connectivity index (χ2v) is 5.80. The number of hydrogen-bond donors (Lipinski definition) is 0. The Labute approximate surface area is 125 Å². The number of amides is 1. The highest BCUT2D eigenvalue weighted by atomic mass is 16.2. The molecule has 1 aliphatic heterocycles. The van der Waals surface area contributed by atoms with Crippen molar-refractivity contribution in [2.24, 2.45) is 7.05 Å². The molecule has 0 aliphatic carbocycles. The largest absolute Gasteiger partial charge is 0.336 e. The maximum absolute atomic E-state index is 12.4. The van der Waals surface area contributed by atoms with Crippen LogP contribution in [0.3, 0.4) is 0 Å². The van der Waals surface area contributed by atoms with E-state index in [4.69, 9.17) is 0 Å². The van der Waals surface area contributed by atoms with E-state index in [0.717, 1.165) is 39.3 Å². The fourth-order valence-electron chi connectivity index (χ4n) is 2.38. The molecule has 0 saturated carbocycles. The molecule has 1 amide bonds. The molecule has 2 rings (SSSR count). The summed E-state index contributed by atoms with van der Waals surface area (Å²) < 4.78 is 1.47. The van der Waals surface area contributed by atoms with Crippen molar-refractivity contribution < 1.29 is 4.79 Å². The maximum atomic E-state index is 12.4. The molecule has 1 aromatic rings. The average Bonchev–Trinajstić information content (AvgIpc) is 2.48. The van der Waals surface area contributed by atoms with Crippen molar-refractivity contribution in [3.8, 4) is 0 Å². The van der Waals surface area contributed by atoms with E-state index in [1.807, 2.05) is 4.90 Å². The molecular formula is C15H24N4O2. The van der Waals surface area contributed by atoms with E-state index < -0.39 is 0 Å². The van der Waals surface area contributed by atoms with Crippen LogP contribution in [-0.4, -0.2) is 78.5 Å². The molecule has 1 aromatic heterocycles. The molecule has 0 radical (unpaired) electrons. The van der Waals surface area contributed by atoms with Crippen molar-refractivity contribution in [2.75, 3.05) is 53.4 Å². The van der Waals surface area contributed by atoms with Crippen molar-refractivity contribution in [3.05, 3.63) is 34.2 Å². The molecule has 0 aromatic carbocycles. The van der Waals surface area contributed by atoms with Crippen molar-refractivity contribution >= 4 is 5.91 Å². The molecule has 116 valence electrons. The minimum Gasteiger partial charge on any atom is -0.336 e. The summed E-state index contributed by atoms with van der Waals surface area (Å²) in [6.45, 7) is 5.29. The number of rotatable bonds is 4. The zero-order valence-corrected chi connectivity index (χ0v) is 13.1. The lowest BCUT2D eigenvalue weighted by atomic mass is 10.2. The zero-order valence-electron chi connectivity index (χ0n) is 13.1. The first-order valence-corrected chi connectivity index (χ1v) is 7.30. The van der Waals surface area contributed by atoms with Gasteiger partial charge in [0.1, 0.15) is 0 Å². The monoisotopic (exact) mass is 292 g/mol. The van der Waals surface area contributed by atoms with Crippen LogP contribution in [0.15, 0.2) is 23.1 Å². The number of likely N-dealkylation sites (N-methyl/N-ethyl adjacent to an activating group) is 1. The van der Waals surface area contributed by atoms with E-state index in [1.54, 1.807) is 19.3 Å². The van der Waals surface area contributed by atoms with Gasteiger partial charge in [0.2, 0.25) is 0 Å². The maximum Gasteiger partial charge on any atom is 0.254 e. The van der Waals surface area contributed by atoms with Gasteiger partial charge in [-0.2, -0.15) is 0 Å². The third-order valence-electron chi connectivity index (χ3n) is 3.87. The average molecular weight is 292 g/mol. The zero-order chi connectivity index (χ0) is 15.4. The smallest absolute Gasteiger partial charge is 0.254 e. The summed E-state index contributed by atoms with van der Waals surface area (Å²) in [5, 5.41) is 0. The van der Waals surface area contributed by atoms with Gasteiger partial charge in [-0.15, -0.1) is 0 Å². The third kappa shape index (κ3) is 4.15. The first-order chi connectivity index (χ1) is 9.97. The highest BCUT2D eigenvalue weighted by molar-refractivity contribution is 5.94. The predicted octanol–water partition coefficient (Wildman–Crippen LogP) is -0.295. The standard InChI is InChI=1S/C15H24N4O2/c1-16(2)6-7-18-8-10-19(11-9-18)15(21)13-4-5-17(3)14(20)12-13/h4-5,12H,6-11H2,1-3H3. The van der Waals surface area contributed by atoms with Crippen LogP contribution in [0.5, 0.6) is 0 Å². The normalized spacial score (nSPS) is 16.5. The van der Waals surface area contributed by atoms with Crippen LogP contribution in [0.1, 0.15) is 10.4 Å². The van der Waals surface area contributed by atoms with E-state index in [1.165, 1.54) is 10.6 Å². The van der Waals surface area contributed by atoms with Crippen molar-refractivity contribution in [1.29, 1.82) is 0 Å². The molecule has 6 nitrogen and oxygen atoms in total. The summed E-state index contributed by atoms with van der Waals surface area (Å²) in [5.74, 6) is -0.0417. The van der Waals surface area contributed by atoms with Crippen molar-refractivity contribution in [2.45, 2.75) is 0 Å². The Morgan fingerprint density at radius 2 is 1.90 bits per heavy atom. The van der Waals surface area contributed by atoms with Crippen molar-refractivity contribution in [1.82, 2.24) is 19.3 Å². The van der Waals surface area contributed by atoms with Gasteiger partial charge in [-0.3, -0.25) is 14.5 Å². The number of carbonyl (C=O) groups is 1. The molecule has 0 unspecified atom stereocenters. The van der Waals surface area contributed by atoms with Gasteiger partial charge in [0.05, 0.1) is 0 Å². The molecule has 1 saturated heterocycles. The lowest BCUT2D eigenvalue weighted by Gasteiger charge is -2.35. The minimum atomic E-state index is -0.148. The Bertz CT molecular complexity index is 545. The number of aromatic nitrogens is 1. The molecule has 0 N–H and O–H groups in total. The molecule has 0 bridgehead atoms. The van der Waals surface area contributed by atoms with Crippen LogP contribution < -0.4 is 5.56 Å². The Hall–Kier alpha value is -1.66. The molecule has 0 atom stereocenters. The fourth-order valence-corrected chi connectivity index (χ4v) is 2.38. The van der Waals surface area contributed by atoms with Gasteiger partial charge in [0.15, 0.2) is 0 Å². The number of aryl methyl sites for hydroxylation is 1. The van der Waals surface area contributed by atoms with Crippen LogP contribution in [0.25, 0.3) is 0 Å².